The molecule has 0 aliphatic heterocycles. The standard InChI is InChI=1S/C27H24N4O4/c1-19(25(32)30-31(20-11-4-2-5-12-20)21-13-6-3-7-14-21)28-26(33)22-15-8-9-16-23(22)29-27(34)24-17-10-18-35-24/h2-19H,1H3,(H,28,33)(H,29,34)(H,30,32)/t19-/m1/s1. The summed E-state index contributed by atoms with van der Waals surface area (Å²) in [5, 5.41) is 7.02. The molecule has 0 bridgehead atoms. The smallest absolute Gasteiger partial charge is 0.291 e. The van der Waals surface area contributed by atoms with Crippen molar-refractivity contribution >= 4 is 34.8 Å². The van der Waals surface area contributed by atoms with Crippen molar-refractivity contribution in [3.8, 4) is 0 Å². The number of furan rings is 1. The van der Waals surface area contributed by atoms with Crippen LogP contribution in [-0.2, 0) is 4.79 Å². The molecule has 1 atom stereocenters. The highest BCUT2D eigenvalue weighted by Gasteiger charge is 2.22. The van der Waals surface area contributed by atoms with Crippen molar-refractivity contribution in [3.63, 3.8) is 0 Å². The van der Waals surface area contributed by atoms with Gasteiger partial charge in [0.15, 0.2) is 5.76 Å². The summed E-state index contributed by atoms with van der Waals surface area (Å²) in [5.74, 6) is -1.28. The van der Waals surface area contributed by atoms with Gasteiger partial charge in [-0.25, -0.2) is 0 Å². The fraction of sp³-hybridized carbons (Fsp3) is 0.0741. The molecule has 0 aliphatic rings. The third-order valence-electron chi connectivity index (χ3n) is 5.16. The average molecular weight is 469 g/mol. The zero-order chi connectivity index (χ0) is 24.6. The molecule has 1 aromatic heterocycles. The van der Waals surface area contributed by atoms with Crippen LogP contribution in [0.25, 0.3) is 0 Å². The van der Waals surface area contributed by atoms with E-state index in [1.54, 1.807) is 42.3 Å². The lowest BCUT2D eigenvalue weighted by molar-refractivity contribution is -0.122. The fourth-order valence-corrected chi connectivity index (χ4v) is 3.36. The molecule has 8 nitrogen and oxygen atoms in total. The number of carbonyl (C=O) groups is 3. The second-order valence-corrected chi connectivity index (χ2v) is 7.65. The third-order valence-corrected chi connectivity index (χ3v) is 5.16. The maximum Gasteiger partial charge on any atom is 0.291 e. The van der Waals surface area contributed by atoms with E-state index in [1.165, 1.54) is 12.3 Å². The second kappa shape index (κ2) is 10.8. The van der Waals surface area contributed by atoms with Gasteiger partial charge in [-0.15, -0.1) is 0 Å². The van der Waals surface area contributed by atoms with Crippen LogP contribution in [0, 0.1) is 0 Å². The van der Waals surface area contributed by atoms with Crippen LogP contribution in [0.15, 0.2) is 108 Å². The van der Waals surface area contributed by atoms with E-state index in [4.69, 9.17) is 4.42 Å². The number of anilines is 3. The number of hydrazine groups is 1. The van der Waals surface area contributed by atoms with Crippen molar-refractivity contribution < 1.29 is 18.8 Å². The van der Waals surface area contributed by atoms with Gasteiger partial charge in [-0.05, 0) is 55.5 Å². The van der Waals surface area contributed by atoms with E-state index in [1.807, 2.05) is 60.7 Å². The third kappa shape index (κ3) is 5.75. The summed E-state index contributed by atoms with van der Waals surface area (Å²) in [6.07, 6.45) is 1.39. The van der Waals surface area contributed by atoms with Crippen LogP contribution in [0.3, 0.4) is 0 Å². The van der Waals surface area contributed by atoms with Gasteiger partial charge < -0.3 is 15.1 Å². The van der Waals surface area contributed by atoms with Gasteiger partial charge in [0.2, 0.25) is 0 Å². The minimum atomic E-state index is -0.869. The minimum absolute atomic E-state index is 0.120. The number of amides is 3. The molecular formula is C27H24N4O4. The van der Waals surface area contributed by atoms with Gasteiger partial charge >= 0.3 is 0 Å². The van der Waals surface area contributed by atoms with Crippen molar-refractivity contribution in [2.24, 2.45) is 0 Å². The molecular weight excluding hydrogens is 444 g/mol. The Morgan fingerprint density at radius 2 is 1.34 bits per heavy atom. The molecule has 4 rings (SSSR count). The Bertz CT molecular complexity index is 1250. The monoisotopic (exact) mass is 468 g/mol. The second-order valence-electron chi connectivity index (χ2n) is 7.65. The van der Waals surface area contributed by atoms with E-state index in [2.05, 4.69) is 16.1 Å². The fourth-order valence-electron chi connectivity index (χ4n) is 3.36. The van der Waals surface area contributed by atoms with Crippen LogP contribution in [0.4, 0.5) is 17.1 Å². The molecule has 4 aromatic rings. The Morgan fingerprint density at radius 1 is 0.743 bits per heavy atom. The average Bonchev–Trinajstić information content (AvgIpc) is 3.44. The summed E-state index contributed by atoms with van der Waals surface area (Å²) in [4.78, 5) is 38.4. The Kier molecular flexibility index (Phi) is 7.22. The molecule has 3 aromatic carbocycles. The maximum absolute atomic E-state index is 13.0. The predicted octanol–water partition coefficient (Wildman–Crippen LogP) is 4.52. The van der Waals surface area contributed by atoms with Gasteiger partial charge in [-0.2, -0.15) is 0 Å². The van der Waals surface area contributed by atoms with Gasteiger partial charge in [0.25, 0.3) is 17.7 Å². The number of carbonyl (C=O) groups excluding carboxylic acids is 3. The van der Waals surface area contributed by atoms with Gasteiger partial charge in [0.1, 0.15) is 6.04 Å². The summed E-state index contributed by atoms with van der Waals surface area (Å²) in [5.41, 5.74) is 4.91. The van der Waals surface area contributed by atoms with Crippen LogP contribution in [0.5, 0.6) is 0 Å². The largest absolute Gasteiger partial charge is 0.459 e. The Balaban J connectivity index is 1.46. The van der Waals surface area contributed by atoms with Crippen LogP contribution in [0.1, 0.15) is 27.8 Å². The zero-order valence-electron chi connectivity index (χ0n) is 19.0. The lowest BCUT2D eigenvalue weighted by Gasteiger charge is -2.27. The van der Waals surface area contributed by atoms with E-state index in [-0.39, 0.29) is 11.3 Å². The molecule has 0 fully saturated rings. The van der Waals surface area contributed by atoms with Crippen molar-refractivity contribution in [2.45, 2.75) is 13.0 Å². The molecule has 0 radical (unpaired) electrons. The lowest BCUT2D eigenvalue weighted by atomic mass is 10.1. The highest BCUT2D eigenvalue weighted by molar-refractivity contribution is 6.08. The number of nitrogens with zero attached hydrogens (tertiary/aromatic N) is 1. The first-order chi connectivity index (χ1) is 17.0. The first kappa shape index (κ1) is 23.3. The van der Waals surface area contributed by atoms with Crippen LogP contribution < -0.4 is 21.1 Å². The zero-order valence-corrected chi connectivity index (χ0v) is 19.0. The number of hydrogen-bond acceptors (Lipinski definition) is 5. The lowest BCUT2D eigenvalue weighted by Crippen LogP contribution is -2.50. The van der Waals surface area contributed by atoms with Crippen LogP contribution >= 0.6 is 0 Å². The van der Waals surface area contributed by atoms with E-state index in [9.17, 15) is 14.4 Å². The Labute approximate surface area is 202 Å². The van der Waals surface area contributed by atoms with E-state index >= 15 is 0 Å². The molecule has 1 heterocycles. The van der Waals surface area contributed by atoms with Crippen LogP contribution in [-0.4, -0.2) is 23.8 Å². The molecule has 3 N–H and O–H groups in total. The molecule has 35 heavy (non-hydrogen) atoms. The topological polar surface area (TPSA) is 104 Å². The molecule has 8 heteroatoms. The number of para-hydroxylation sites is 3. The van der Waals surface area contributed by atoms with E-state index in [0.29, 0.717) is 5.69 Å². The first-order valence-electron chi connectivity index (χ1n) is 11.0. The molecule has 0 saturated carbocycles. The SMILES string of the molecule is C[C@@H](NC(=O)c1ccccc1NC(=O)c1ccco1)C(=O)NN(c1ccccc1)c1ccccc1. The number of rotatable bonds is 8. The normalized spacial score (nSPS) is 11.2. The minimum Gasteiger partial charge on any atom is -0.459 e. The predicted molar refractivity (Wildman–Crippen MR) is 133 cm³/mol. The molecule has 0 spiro atoms. The molecule has 0 unspecified atom stereocenters. The highest BCUT2D eigenvalue weighted by Crippen LogP contribution is 2.22. The summed E-state index contributed by atoms with van der Waals surface area (Å²) in [6, 6.07) is 27.5. The van der Waals surface area contributed by atoms with Crippen molar-refractivity contribution in [2.75, 3.05) is 10.3 Å². The van der Waals surface area contributed by atoms with Gasteiger partial charge in [-0.1, -0.05) is 48.5 Å². The summed E-state index contributed by atoms with van der Waals surface area (Å²) in [7, 11) is 0. The molecule has 176 valence electrons. The quantitative estimate of drug-likeness (QED) is 0.330. The van der Waals surface area contributed by atoms with E-state index < -0.39 is 23.8 Å². The Morgan fingerprint density at radius 3 is 1.94 bits per heavy atom. The van der Waals surface area contributed by atoms with Crippen molar-refractivity contribution in [1.82, 2.24) is 10.7 Å². The van der Waals surface area contributed by atoms with Crippen LogP contribution in [0.2, 0.25) is 0 Å². The van der Waals surface area contributed by atoms with Crippen molar-refractivity contribution in [1.29, 1.82) is 0 Å². The maximum atomic E-state index is 13.0. The molecule has 0 saturated heterocycles. The van der Waals surface area contributed by atoms with E-state index in [0.717, 1.165) is 11.4 Å². The highest BCUT2D eigenvalue weighted by atomic mass is 16.3. The number of hydrogen-bond donors (Lipinski definition) is 3. The summed E-state index contributed by atoms with van der Waals surface area (Å²) < 4.78 is 5.10. The Hall–Kier alpha value is -4.85. The summed E-state index contributed by atoms with van der Waals surface area (Å²) in [6.45, 7) is 1.59. The van der Waals surface area contributed by atoms with Gasteiger partial charge in [0.05, 0.1) is 28.9 Å². The first-order valence-corrected chi connectivity index (χ1v) is 11.0. The van der Waals surface area contributed by atoms with Gasteiger partial charge in [0, 0.05) is 0 Å². The molecule has 0 aliphatic carbocycles. The number of benzene rings is 3. The molecule has 3 amide bonds. The number of nitrogens with one attached hydrogen (secondary N) is 3. The van der Waals surface area contributed by atoms with Gasteiger partial charge in [-0.3, -0.25) is 24.8 Å². The summed E-state index contributed by atoms with van der Waals surface area (Å²) >= 11 is 0. The van der Waals surface area contributed by atoms with Crippen molar-refractivity contribution in [3.05, 3.63) is 115 Å².